The van der Waals surface area contributed by atoms with Gasteiger partial charge in [0, 0.05) is 6.54 Å². The molecule has 0 aliphatic heterocycles. The number of hydrogen-bond donors (Lipinski definition) is 1. The molecule has 0 saturated carbocycles. The quantitative estimate of drug-likeness (QED) is 0.927. The molecular weight excluding hydrogens is 275 g/mol. The Morgan fingerprint density at radius 3 is 3.00 bits per heavy atom. The molecule has 0 aliphatic carbocycles. The van der Waals surface area contributed by atoms with Crippen LogP contribution in [0.25, 0.3) is 0 Å². The zero-order valence-corrected chi connectivity index (χ0v) is 10.2. The highest BCUT2D eigenvalue weighted by molar-refractivity contribution is 9.10. The highest BCUT2D eigenvalue weighted by Crippen LogP contribution is 2.20. The summed E-state index contributed by atoms with van der Waals surface area (Å²) in [6.45, 7) is 1.94. The van der Waals surface area contributed by atoms with E-state index in [0.29, 0.717) is 0 Å². The molecule has 0 fully saturated rings. The molecular formula is C11H10BrFN2O. The Hall–Kier alpha value is -1.41. The van der Waals surface area contributed by atoms with Gasteiger partial charge in [-0.2, -0.15) is 5.26 Å². The van der Waals surface area contributed by atoms with Crippen LogP contribution >= 0.6 is 15.9 Å². The maximum atomic E-state index is 13.1. The van der Waals surface area contributed by atoms with Gasteiger partial charge in [-0.25, -0.2) is 4.39 Å². The Balaban J connectivity index is 2.75. The van der Waals surface area contributed by atoms with E-state index in [0.717, 1.165) is 0 Å². The molecule has 1 rings (SSSR count). The maximum absolute atomic E-state index is 13.1. The number of nitrogens with one attached hydrogen (secondary N) is 1. The predicted molar refractivity (Wildman–Crippen MR) is 61.2 cm³/mol. The van der Waals surface area contributed by atoms with Crippen LogP contribution in [0.2, 0.25) is 0 Å². The van der Waals surface area contributed by atoms with Crippen LogP contribution in [-0.2, 0) is 0 Å². The van der Waals surface area contributed by atoms with E-state index in [9.17, 15) is 9.18 Å². The summed E-state index contributed by atoms with van der Waals surface area (Å²) in [6, 6.07) is 6.23. The summed E-state index contributed by atoms with van der Waals surface area (Å²) in [5.74, 6) is -1.15. The molecule has 1 atom stereocenters. The Bertz CT molecular complexity index is 442. The van der Waals surface area contributed by atoms with Gasteiger partial charge < -0.3 is 5.32 Å². The average molecular weight is 285 g/mol. The summed E-state index contributed by atoms with van der Waals surface area (Å²) in [7, 11) is 0. The highest BCUT2D eigenvalue weighted by Gasteiger charge is 2.13. The number of nitriles is 1. The van der Waals surface area contributed by atoms with Crippen LogP contribution in [0.4, 0.5) is 4.39 Å². The number of halogens is 2. The van der Waals surface area contributed by atoms with E-state index in [2.05, 4.69) is 21.2 Å². The molecule has 1 N–H and O–H groups in total. The van der Waals surface area contributed by atoms with Crippen LogP contribution in [0.15, 0.2) is 22.7 Å². The molecule has 84 valence electrons. The SMILES string of the molecule is CC(C#N)CNC(=O)c1cccc(F)c1Br. The largest absolute Gasteiger partial charge is 0.351 e. The molecule has 0 spiro atoms. The van der Waals surface area contributed by atoms with Crippen LogP contribution in [0.1, 0.15) is 17.3 Å². The number of hydrogen-bond acceptors (Lipinski definition) is 2. The molecule has 0 saturated heterocycles. The number of carbonyl (C=O) groups is 1. The van der Waals surface area contributed by atoms with Crippen molar-refractivity contribution >= 4 is 21.8 Å². The molecule has 0 aliphatic rings. The summed E-state index contributed by atoms with van der Waals surface area (Å²) >= 11 is 3.00. The second-order valence-corrected chi connectivity index (χ2v) is 4.13. The van der Waals surface area contributed by atoms with Gasteiger partial charge in [0.25, 0.3) is 5.91 Å². The van der Waals surface area contributed by atoms with Gasteiger partial charge in [0.05, 0.1) is 22.0 Å². The third-order valence-electron chi connectivity index (χ3n) is 1.99. The lowest BCUT2D eigenvalue weighted by atomic mass is 10.2. The van der Waals surface area contributed by atoms with Crippen LogP contribution in [-0.4, -0.2) is 12.5 Å². The lowest BCUT2D eigenvalue weighted by Gasteiger charge is -2.07. The Kier molecular flexibility index (Phi) is 4.44. The summed E-state index contributed by atoms with van der Waals surface area (Å²) in [6.07, 6.45) is 0. The smallest absolute Gasteiger partial charge is 0.252 e. The molecule has 16 heavy (non-hydrogen) atoms. The lowest BCUT2D eigenvalue weighted by Crippen LogP contribution is -2.28. The van der Waals surface area contributed by atoms with Crippen LogP contribution in [0.3, 0.4) is 0 Å². The first-order valence-corrected chi connectivity index (χ1v) is 5.47. The van der Waals surface area contributed by atoms with E-state index >= 15 is 0 Å². The van der Waals surface area contributed by atoms with Crippen LogP contribution < -0.4 is 5.32 Å². The second-order valence-electron chi connectivity index (χ2n) is 3.34. The number of rotatable bonds is 3. The standard InChI is InChI=1S/C11H10BrFN2O/c1-7(5-14)6-15-11(16)8-3-2-4-9(13)10(8)12/h2-4,7H,6H2,1H3,(H,15,16). The minimum atomic E-state index is -0.485. The molecule has 3 nitrogen and oxygen atoms in total. The van der Waals surface area contributed by atoms with Gasteiger partial charge in [-0.15, -0.1) is 0 Å². The van der Waals surface area contributed by atoms with Crippen molar-refractivity contribution in [3.63, 3.8) is 0 Å². The third-order valence-corrected chi connectivity index (χ3v) is 2.79. The van der Waals surface area contributed by atoms with Gasteiger partial charge >= 0.3 is 0 Å². The van der Waals surface area contributed by atoms with Crippen molar-refractivity contribution in [2.24, 2.45) is 5.92 Å². The van der Waals surface area contributed by atoms with Crippen molar-refractivity contribution in [3.05, 3.63) is 34.1 Å². The summed E-state index contributed by atoms with van der Waals surface area (Å²) in [5.41, 5.74) is 0.227. The fourth-order valence-electron chi connectivity index (χ4n) is 1.07. The van der Waals surface area contributed by atoms with Crippen molar-refractivity contribution in [1.82, 2.24) is 5.32 Å². The normalized spacial score (nSPS) is 11.6. The van der Waals surface area contributed by atoms with E-state index in [-0.39, 0.29) is 22.5 Å². The molecule has 1 unspecified atom stereocenters. The topological polar surface area (TPSA) is 52.9 Å². The van der Waals surface area contributed by atoms with Crippen molar-refractivity contribution in [3.8, 4) is 6.07 Å². The molecule has 0 aromatic heterocycles. The minimum Gasteiger partial charge on any atom is -0.351 e. The maximum Gasteiger partial charge on any atom is 0.252 e. The van der Waals surface area contributed by atoms with E-state index in [1.807, 2.05) is 6.07 Å². The first-order chi connectivity index (χ1) is 7.56. The van der Waals surface area contributed by atoms with E-state index < -0.39 is 11.7 Å². The lowest BCUT2D eigenvalue weighted by molar-refractivity contribution is 0.0949. The first kappa shape index (κ1) is 12.7. The summed E-state index contributed by atoms with van der Waals surface area (Å²) in [5, 5.41) is 11.1. The Morgan fingerprint density at radius 1 is 1.69 bits per heavy atom. The van der Waals surface area contributed by atoms with Crippen molar-refractivity contribution < 1.29 is 9.18 Å². The van der Waals surface area contributed by atoms with Crippen molar-refractivity contribution in [2.45, 2.75) is 6.92 Å². The van der Waals surface area contributed by atoms with Crippen molar-refractivity contribution in [1.29, 1.82) is 5.26 Å². The van der Waals surface area contributed by atoms with Crippen LogP contribution in [0, 0.1) is 23.1 Å². The van der Waals surface area contributed by atoms with E-state index in [4.69, 9.17) is 5.26 Å². The molecule has 1 aromatic carbocycles. The number of amides is 1. The highest BCUT2D eigenvalue weighted by atomic mass is 79.9. The van der Waals surface area contributed by atoms with Gasteiger partial charge in [0.15, 0.2) is 0 Å². The van der Waals surface area contributed by atoms with Crippen LogP contribution in [0.5, 0.6) is 0 Å². The van der Waals surface area contributed by atoms with Crippen molar-refractivity contribution in [2.75, 3.05) is 6.54 Å². The first-order valence-electron chi connectivity index (χ1n) is 4.68. The Morgan fingerprint density at radius 2 is 2.38 bits per heavy atom. The molecule has 1 aromatic rings. The molecule has 1 amide bonds. The fraction of sp³-hybridized carbons (Fsp3) is 0.273. The number of carbonyl (C=O) groups excluding carboxylic acids is 1. The third kappa shape index (κ3) is 3.04. The zero-order chi connectivity index (χ0) is 12.1. The van der Waals surface area contributed by atoms with Gasteiger partial charge in [0.2, 0.25) is 0 Å². The van der Waals surface area contributed by atoms with Gasteiger partial charge in [-0.05, 0) is 35.0 Å². The summed E-state index contributed by atoms with van der Waals surface area (Å²) in [4.78, 5) is 11.6. The zero-order valence-electron chi connectivity index (χ0n) is 8.63. The summed E-state index contributed by atoms with van der Waals surface area (Å²) < 4.78 is 13.3. The number of benzene rings is 1. The van der Waals surface area contributed by atoms with Gasteiger partial charge in [-0.3, -0.25) is 4.79 Å². The molecule has 0 radical (unpaired) electrons. The predicted octanol–water partition coefficient (Wildman–Crippen LogP) is 2.48. The monoisotopic (exact) mass is 284 g/mol. The second kappa shape index (κ2) is 5.61. The Labute approximate surface area is 101 Å². The van der Waals surface area contributed by atoms with E-state index in [1.165, 1.54) is 18.2 Å². The average Bonchev–Trinajstić information content (AvgIpc) is 2.29. The molecule has 0 heterocycles. The molecule has 0 bridgehead atoms. The fourth-order valence-corrected chi connectivity index (χ4v) is 1.51. The minimum absolute atomic E-state index is 0.136. The van der Waals surface area contributed by atoms with Gasteiger partial charge in [0.1, 0.15) is 5.82 Å². The number of nitrogens with zero attached hydrogens (tertiary/aromatic N) is 1. The van der Waals surface area contributed by atoms with E-state index in [1.54, 1.807) is 6.92 Å². The molecule has 5 heteroatoms. The van der Waals surface area contributed by atoms with Gasteiger partial charge in [-0.1, -0.05) is 6.07 Å².